The molecule has 0 saturated carbocycles. The molecule has 0 aromatic carbocycles. The Bertz CT molecular complexity index is 544. The highest BCUT2D eigenvalue weighted by atomic mass is 32.1. The van der Waals surface area contributed by atoms with Crippen LogP contribution in [0.3, 0.4) is 0 Å². The fourth-order valence-corrected chi connectivity index (χ4v) is 2.66. The Balaban J connectivity index is 2.23. The highest BCUT2D eigenvalue weighted by Crippen LogP contribution is 2.29. The van der Waals surface area contributed by atoms with Crippen LogP contribution in [0.5, 0.6) is 0 Å². The number of aromatic nitrogens is 1. The first-order chi connectivity index (χ1) is 9.84. The molecule has 1 aromatic heterocycles. The highest BCUT2D eigenvalue weighted by molar-refractivity contribution is 7.08. The van der Waals surface area contributed by atoms with E-state index in [2.05, 4.69) is 11.0 Å². The number of hydrogen-bond donors (Lipinski definition) is 0. The molecule has 1 aliphatic heterocycles. The summed E-state index contributed by atoms with van der Waals surface area (Å²) in [7, 11) is 0. The zero-order valence-electron chi connectivity index (χ0n) is 10.8. The van der Waals surface area contributed by atoms with E-state index in [1.165, 1.54) is 12.3 Å². The molecule has 5 nitrogen and oxygen atoms in total. The van der Waals surface area contributed by atoms with Gasteiger partial charge in [-0.2, -0.15) is 13.2 Å². The van der Waals surface area contributed by atoms with E-state index in [9.17, 15) is 22.8 Å². The normalized spacial score (nSPS) is 19.5. The molecule has 0 bridgehead atoms. The first kappa shape index (κ1) is 15.5. The van der Waals surface area contributed by atoms with Crippen LogP contribution >= 0.6 is 11.5 Å². The fourth-order valence-electron chi connectivity index (χ4n) is 2.10. The summed E-state index contributed by atoms with van der Waals surface area (Å²) in [5.74, 6) is -1.29. The van der Waals surface area contributed by atoms with E-state index in [4.69, 9.17) is 0 Å². The molecule has 2 rings (SSSR count). The van der Waals surface area contributed by atoms with Gasteiger partial charge in [0.15, 0.2) is 0 Å². The summed E-state index contributed by atoms with van der Waals surface area (Å²) in [5.41, 5.74) is 0. The summed E-state index contributed by atoms with van der Waals surface area (Å²) in [5, 5.41) is 0. The minimum atomic E-state index is -4.61. The number of carbonyl (C=O) groups excluding carboxylic acids is 2. The van der Waals surface area contributed by atoms with Gasteiger partial charge in [-0.05, 0) is 23.7 Å². The van der Waals surface area contributed by atoms with Crippen molar-refractivity contribution in [2.24, 2.45) is 0 Å². The van der Waals surface area contributed by atoms with Gasteiger partial charge in [-0.1, -0.05) is 6.58 Å². The molecule has 1 atom stereocenters. The molecular weight excluding hydrogens is 307 g/mol. The van der Waals surface area contributed by atoms with Crippen molar-refractivity contribution in [3.63, 3.8) is 0 Å². The molecular formula is C12H12F3N3O2S. The van der Waals surface area contributed by atoms with Crippen molar-refractivity contribution in [3.05, 3.63) is 29.8 Å². The third-order valence-corrected chi connectivity index (χ3v) is 3.89. The van der Waals surface area contributed by atoms with Crippen LogP contribution in [0.25, 0.3) is 0 Å². The lowest BCUT2D eigenvalue weighted by molar-refractivity contribution is -0.189. The van der Waals surface area contributed by atoms with E-state index in [1.54, 1.807) is 0 Å². The number of amides is 2. The van der Waals surface area contributed by atoms with Crippen molar-refractivity contribution in [3.8, 4) is 0 Å². The predicted octanol–water partition coefficient (Wildman–Crippen LogP) is 1.54. The monoisotopic (exact) mass is 319 g/mol. The molecule has 114 valence electrons. The van der Waals surface area contributed by atoms with Gasteiger partial charge >= 0.3 is 6.18 Å². The van der Waals surface area contributed by atoms with E-state index >= 15 is 0 Å². The van der Waals surface area contributed by atoms with Gasteiger partial charge in [0.25, 0.3) is 5.91 Å². The van der Waals surface area contributed by atoms with Crippen LogP contribution in [-0.4, -0.2) is 57.8 Å². The molecule has 2 amide bonds. The van der Waals surface area contributed by atoms with E-state index in [0.717, 1.165) is 27.4 Å². The lowest BCUT2D eigenvalue weighted by Gasteiger charge is -2.41. The van der Waals surface area contributed by atoms with Gasteiger partial charge in [0.05, 0.1) is 6.54 Å². The molecule has 0 radical (unpaired) electrons. The van der Waals surface area contributed by atoms with Crippen LogP contribution < -0.4 is 0 Å². The van der Waals surface area contributed by atoms with E-state index in [-0.39, 0.29) is 18.0 Å². The summed E-state index contributed by atoms with van der Waals surface area (Å²) >= 11 is 0.844. The lowest BCUT2D eigenvalue weighted by atomic mass is 10.1. The quantitative estimate of drug-likeness (QED) is 0.777. The van der Waals surface area contributed by atoms with Crippen molar-refractivity contribution in [2.45, 2.75) is 12.2 Å². The van der Waals surface area contributed by atoms with Crippen LogP contribution in [0.2, 0.25) is 0 Å². The molecule has 2 heterocycles. The second-order valence-corrected chi connectivity index (χ2v) is 5.25. The number of carbonyl (C=O) groups is 2. The van der Waals surface area contributed by atoms with Gasteiger partial charge in [-0.25, -0.2) is 4.37 Å². The number of nitrogens with zero attached hydrogens (tertiary/aromatic N) is 3. The zero-order chi connectivity index (χ0) is 15.6. The fraction of sp³-hybridized carbons (Fsp3) is 0.417. The number of rotatable bonds is 2. The SMILES string of the molecule is C=CC(=O)N1CCN(C(=O)c2ccns2)C(C(F)(F)F)C1. The summed E-state index contributed by atoms with van der Waals surface area (Å²) in [4.78, 5) is 25.6. The largest absolute Gasteiger partial charge is 0.410 e. The van der Waals surface area contributed by atoms with Crippen LogP contribution in [0.1, 0.15) is 9.67 Å². The maximum atomic E-state index is 13.2. The Labute approximate surface area is 122 Å². The third kappa shape index (κ3) is 3.23. The number of piperazine rings is 1. The molecule has 1 aliphatic rings. The highest BCUT2D eigenvalue weighted by Gasteiger charge is 2.49. The Hall–Kier alpha value is -1.90. The Morgan fingerprint density at radius 3 is 2.67 bits per heavy atom. The minimum Gasteiger partial charge on any atom is -0.335 e. The maximum absolute atomic E-state index is 13.2. The number of halogens is 3. The van der Waals surface area contributed by atoms with Crippen LogP contribution in [-0.2, 0) is 4.79 Å². The molecule has 1 saturated heterocycles. The van der Waals surface area contributed by atoms with Crippen molar-refractivity contribution in [1.29, 1.82) is 0 Å². The molecule has 0 N–H and O–H groups in total. The smallest absolute Gasteiger partial charge is 0.335 e. The van der Waals surface area contributed by atoms with E-state index in [1.807, 2.05) is 0 Å². The summed E-state index contributed by atoms with van der Waals surface area (Å²) in [6.45, 7) is 2.54. The molecule has 0 aliphatic carbocycles. The van der Waals surface area contributed by atoms with Gasteiger partial charge in [0.1, 0.15) is 10.9 Å². The van der Waals surface area contributed by atoms with E-state index < -0.39 is 30.6 Å². The standard InChI is InChI=1S/C12H12F3N3O2S/c1-2-10(19)17-5-6-18(9(7-17)12(13,14)15)11(20)8-3-4-16-21-8/h2-4,9H,1,5-7H2. The van der Waals surface area contributed by atoms with Crippen molar-refractivity contribution < 1.29 is 22.8 Å². The van der Waals surface area contributed by atoms with Crippen molar-refractivity contribution in [2.75, 3.05) is 19.6 Å². The summed E-state index contributed by atoms with van der Waals surface area (Å²) < 4.78 is 43.2. The molecule has 1 fully saturated rings. The Kier molecular flexibility index (Phi) is 4.31. The van der Waals surface area contributed by atoms with Gasteiger partial charge in [0, 0.05) is 19.3 Å². The Morgan fingerprint density at radius 2 is 2.14 bits per heavy atom. The first-order valence-electron chi connectivity index (χ1n) is 6.04. The second kappa shape index (κ2) is 5.84. The average molecular weight is 319 g/mol. The van der Waals surface area contributed by atoms with Gasteiger partial charge in [-0.15, -0.1) is 0 Å². The number of alkyl halides is 3. The molecule has 1 unspecified atom stereocenters. The molecule has 0 spiro atoms. The van der Waals surface area contributed by atoms with Gasteiger partial charge < -0.3 is 9.80 Å². The maximum Gasteiger partial charge on any atom is 0.410 e. The molecule has 1 aromatic rings. The zero-order valence-corrected chi connectivity index (χ0v) is 11.7. The van der Waals surface area contributed by atoms with Crippen LogP contribution in [0, 0.1) is 0 Å². The first-order valence-corrected chi connectivity index (χ1v) is 6.81. The summed E-state index contributed by atoms with van der Waals surface area (Å²) in [6, 6.07) is -0.647. The van der Waals surface area contributed by atoms with Crippen LogP contribution in [0.15, 0.2) is 24.9 Å². The predicted molar refractivity (Wildman–Crippen MR) is 69.8 cm³/mol. The second-order valence-electron chi connectivity index (χ2n) is 4.42. The summed E-state index contributed by atoms with van der Waals surface area (Å²) in [6.07, 6.45) is -2.29. The molecule has 21 heavy (non-hydrogen) atoms. The topological polar surface area (TPSA) is 53.5 Å². The van der Waals surface area contributed by atoms with Crippen LogP contribution in [0.4, 0.5) is 13.2 Å². The third-order valence-electron chi connectivity index (χ3n) is 3.15. The van der Waals surface area contributed by atoms with Crippen molar-refractivity contribution in [1.82, 2.24) is 14.2 Å². The van der Waals surface area contributed by atoms with Gasteiger partial charge in [-0.3, -0.25) is 9.59 Å². The van der Waals surface area contributed by atoms with Crippen molar-refractivity contribution >= 4 is 23.3 Å². The molecule has 9 heteroatoms. The lowest BCUT2D eigenvalue weighted by Crippen LogP contribution is -2.61. The Morgan fingerprint density at radius 1 is 1.43 bits per heavy atom. The van der Waals surface area contributed by atoms with Gasteiger partial charge in [0.2, 0.25) is 5.91 Å². The average Bonchev–Trinajstić information content (AvgIpc) is 2.98. The number of hydrogen-bond acceptors (Lipinski definition) is 4. The van der Waals surface area contributed by atoms with E-state index in [0.29, 0.717) is 0 Å². The minimum absolute atomic E-state index is 0.0436.